The Morgan fingerprint density at radius 1 is 0.941 bits per heavy atom. The molecule has 0 radical (unpaired) electrons. The van der Waals surface area contributed by atoms with Crippen LogP contribution >= 0.6 is 0 Å². The van der Waals surface area contributed by atoms with Crippen molar-refractivity contribution in [1.29, 1.82) is 0 Å². The molecule has 34 heavy (non-hydrogen) atoms. The van der Waals surface area contributed by atoms with Gasteiger partial charge in [-0.3, -0.25) is 0 Å². The van der Waals surface area contributed by atoms with Crippen molar-refractivity contribution < 1.29 is 23.8 Å². The summed E-state index contributed by atoms with van der Waals surface area (Å²) in [6.45, 7) is 1.93. The van der Waals surface area contributed by atoms with Crippen LogP contribution in [0.25, 0.3) is 11.1 Å². The minimum Gasteiger partial charge on any atom is -0.394 e. The normalized spacial score (nSPS) is 20.0. The van der Waals surface area contributed by atoms with Gasteiger partial charge in [-0.1, -0.05) is 48.5 Å². The van der Waals surface area contributed by atoms with E-state index in [-0.39, 0.29) is 30.1 Å². The molecular weight excluding hydrogens is 438 g/mol. The molecule has 178 valence electrons. The molecule has 1 aliphatic rings. The summed E-state index contributed by atoms with van der Waals surface area (Å²) in [6, 6.07) is 19.4. The SMILES string of the molecule is C[C@@H](c1ccc(-c2ccc(F)cc2)cc1)N1CC[C@](CC(O)CO)(c2ccc(F)cc2)NC1=O. The van der Waals surface area contributed by atoms with E-state index in [0.29, 0.717) is 18.5 Å². The highest BCUT2D eigenvalue weighted by molar-refractivity contribution is 5.77. The molecule has 1 saturated heterocycles. The molecular formula is C27H28F2N2O3. The third kappa shape index (κ3) is 4.95. The number of aliphatic hydroxyl groups is 2. The number of carbonyl (C=O) groups is 1. The van der Waals surface area contributed by atoms with Gasteiger partial charge in [0.1, 0.15) is 11.6 Å². The maximum absolute atomic E-state index is 13.5. The summed E-state index contributed by atoms with van der Waals surface area (Å²) in [5, 5.41) is 22.6. The van der Waals surface area contributed by atoms with Crippen molar-refractivity contribution in [3.05, 3.63) is 95.6 Å². The Hall–Kier alpha value is -3.29. The fraction of sp³-hybridized carbons (Fsp3) is 0.296. The van der Waals surface area contributed by atoms with Crippen LogP contribution in [0.5, 0.6) is 0 Å². The van der Waals surface area contributed by atoms with Gasteiger partial charge in [-0.05, 0) is 59.9 Å². The zero-order valence-electron chi connectivity index (χ0n) is 18.9. The van der Waals surface area contributed by atoms with Crippen LogP contribution < -0.4 is 5.32 Å². The van der Waals surface area contributed by atoms with Gasteiger partial charge in [-0.15, -0.1) is 0 Å². The van der Waals surface area contributed by atoms with Gasteiger partial charge >= 0.3 is 6.03 Å². The average Bonchev–Trinajstić information content (AvgIpc) is 2.84. The molecule has 4 rings (SSSR count). The fourth-order valence-corrected chi connectivity index (χ4v) is 4.62. The lowest BCUT2D eigenvalue weighted by molar-refractivity contribution is 0.0441. The molecule has 0 aromatic heterocycles. The Labute approximate surface area is 197 Å². The van der Waals surface area contributed by atoms with Crippen LogP contribution in [0.1, 0.15) is 36.9 Å². The molecule has 1 fully saturated rings. The second-order valence-corrected chi connectivity index (χ2v) is 8.81. The van der Waals surface area contributed by atoms with Gasteiger partial charge in [0.2, 0.25) is 0 Å². The molecule has 3 aromatic rings. The number of rotatable bonds is 7. The second-order valence-electron chi connectivity index (χ2n) is 8.81. The fourth-order valence-electron chi connectivity index (χ4n) is 4.62. The number of hydrogen-bond acceptors (Lipinski definition) is 3. The zero-order valence-corrected chi connectivity index (χ0v) is 18.9. The number of nitrogens with one attached hydrogen (secondary N) is 1. The van der Waals surface area contributed by atoms with Crippen LogP contribution in [0.15, 0.2) is 72.8 Å². The average molecular weight is 467 g/mol. The minimum absolute atomic E-state index is 0.120. The Bertz CT molecular complexity index is 1120. The van der Waals surface area contributed by atoms with Gasteiger partial charge in [0.05, 0.1) is 24.3 Å². The van der Waals surface area contributed by atoms with Crippen LogP contribution in [0.2, 0.25) is 0 Å². The monoisotopic (exact) mass is 466 g/mol. The summed E-state index contributed by atoms with van der Waals surface area (Å²) in [6.07, 6.45) is -0.414. The molecule has 5 nitrogen and oxygen atoms in total. The lowest BCUT2D eigenvalue weighted by atomic mass is 9.80. The highest BCUT2D eigenvalue weighted by Gasteiger charge is 2.42. The van der Waals surface area contributed by atoms with E-state index >= 15 is 0 Å². The molecule has 0 spiro atoms. The maximum Gasteiger partial charge on any atom is 0.318 e. The van der Waals surface area contributed by atoms with Crippen molar-refractivity contribution in [3.8, 4) is 11.1 Å². The lowest BCUT2D eigenvalue weighted by Crippen LogP contribution is -2.59. The van der Waals surface area contributed by atoms with Crippen molar-refractivity contribution in [2.75, 3.05) is 13.2 Å². The summed E-state index contributed by atoms with van der Waals surface area (Å²) in [4.78, 5) is 14.9. The Balaban J connectivity index is 1.52. The van der Waals surface area contributed by atoms with Gasteiger partial charge < -0.3 is 20.4 Å². The molecule has 1 unspecified atom stereocenters. The quantitative estimate of drug-likeness (QED) is 0.471. The number of urea groups is 1. The number of carbonyl (C=O) groups excluding carboxylic acids is 1. The van der Waals surface area contributed by atoms with Gasteiger partial charge in [0.15, 0.2) is 0 Å². The molecule has 3 atom stereocenters. The number of nitrogens with zero attached hydrogens (tertiary/aromatic N) is 1. The van der Waals surface area contributed by atoms with Gasteiger partial charge in [-0.25, -0.2) is 13.6 Å². The molecule has 3 aromatic carbocycles. The van der Waals surface area contributed by atoms with Crippen molar-refractivity contribution in [2.45, 2.75) is 37.5 Å². The number of halogens is 2. The standard InChI is InChI=1S/C27H28F2N2O3/c1-18(19-2-4-20(5-3-19)21-6-10-23(28)11-7-21)31-15-14-27(30-26(31)34,16-25(33)17-32)22-8-12-24(29)13-9-22/h2-13,18,25,32-33H,14-17H2,1H3,(H,30,34)/t18-,25?,27-/m0/s1. The van der Waals surface area contributed by atoms with E-state index < -0.39 is 18.2 Å². The van der Waals surface area contributed by atoms with Gasteiger partial charge in [-0.2, -0.15) is 0 Å². The third-order valence-electron chi connectivity index (χ3n) is 6.62. The summed E-state index contributed by atoms with van der Waals surface area (Å²) in [5.74, 6) is -0.670. The number of hydrogen-bond donors (Lipinski definition) is 3. The minimum atomic E-state index is -1.02. The summed E-state index contributed by atoms with van der Waals surface area (Å²) < 4.78 is 26.7. The first kappa shape index (κ1) is 23.9. The first-order valence-electron chi connectivity index (χ1n) is 11.3. The first-order chi connectivity index (χ1) is 16.3. The van der Waals surface area contributed by atoms with E-state index in [1.807, 2.05) is 31.2 Å². The first-order valence-corrected chi connectivity index (χ1v) is 11.3. The van der Waals surface area contributed by atoms with Crippen molar-refractivity contribution in [2.24, 2.45) is 0 Å². The van der Waals surface area contributed by atoms with Crippen LogP contribution in [0, 0.1) is 11.6 Å². The molecule has 7 heteroatoms. The van der Waals surface area contributed by atoms with Gasteiger partial charge in [0, 0.05) is 13.0 Å². The molecule has 0 saturated carbocycles. The number of aliphatic hydroxyl groups excluding tert-OH is 2. The van der Waals surface area contributed by atoms with E-state index in [4.69, 9.17) is 0 Å². The van der Waals surface area contributed by atoms with E-state index in [2.05, 4.69) is 5.32 Å². The predicted molar refractivity (Wildman–Crippen MR) is 126 cm³/mol. The molecule has 3 N–H and O–H groups in total. The van der Waals surface area contributed by atoms with Gasteiger partial charge in [0.25, 0.3) is 0 Å². The molecule has 1 heterocycles. The highest BCUT2D eigenvalue weighted by Crippen LogP contribution is 2.36. The van der Waals surface area contributed by atoms with Crippen LogP contribution in [-0.2, 0) is 5.54 Å². The summed E-state index contributed by atoms with van der Waals surface area (Å²) in [5.41, 5.74) is 2.59. The molecule has 0 aliphatic carbocycles. The topological polar surface area (TPSA) is 72.8 Å². The summed E-state index contributed by atoms with van der Waals surface area (Å²) >= 11 is 0. The van der Waals surface area contributed by atoms with Crippen molar-refractivity contribution >= 4 is 6.03 Å². The van der Waals surface area contributed by atoms with Crippen LogP contribution in [0.4, 0.5) is 13.6 Å². The Morgan fingerprint density at radius 2 is 1.47 bits per heavy atom. The summed E-state index contributed by atoms with van der Waals surface area (Å²) in [7, 11) is 0. The number of amides is 2. The lowest BCUT2D eigenvalue weighted by Gasteiger charge is -2.45. The maximum atomic E-state index is 13.5. The molecule has 2 amide bonds. The van der Waals surface area contributed by atoms with Crippen LogP contribution in [-0.4, -0.2) is 40.4 Å². The van der Waals surface area contributed by atoms with Crippen molar-refractivity contribution in [1.82, 2.24) is 10.2 Å². The van der Waals surface area contributed by atoms with Crippen molar-refractivity contribution in [3.63, 3.8) is 0 Å². The predicted octanol–water partition coefficient (Wildman–Crippen LogP) is 4.75. The van der Waals surface area contributed by atoms with E-state index in [0.717, 1.165) is 16.7 Å². The second kappa shape index (κ2) is 9.91. The Morgan fingerprint density at radius 3 is 2.00 bits per heavy atom. The highest BCUT2D eigenvalue weighted by atomic mass is 19.1. The molecule has 0 bridgehead atoms. The largest absolute Gasteiger partial charge is 0.394 e. The van der Waals surface area contributed by atoms with E-state index in [9.17, 15) is 23.8 Å². The van der Waals surface area contributed by atoms with Crippen LogP contribution in [0.3, 0.4) is 0 Å². The smallest absolute Gasteiger partial charge is 0.318 e. The number of benzene rings is 3. The van der Waals surface area contributed by atoms with E-state index in [1.165, 1.54) is 24.3 Å². The zero-order chi connectivity index (χ0) is 24.3. The third-order valence-corrected chi connectivity index (χ3v) is 6.62. The Kier molecular flexibility index (Phi) is 6.95. The molecule has 1 aliphatic heterocycles. The van der Waals surface area contributed by atoms with E-state index in [1.54, 1.807) is 29.2 Å².